The first-order valence-electron chi connectivity index (χ1n) is 5.31. The average Bonchev–Trinajstić information content (AvgIpc) is 2.97. The molecule has 0 saturated heterocycles. The average molecular weight is 266 g/mol. The summed E-state index contributed by atoms with van der Waals surface area (Å²) in [5, 5.41) is 12.7. The molecule has 1 aromatic carbocycles. The predicted molar refractivity (Wildman–Crippen MR) is 63.1 cm³/mol. The molecule has 0 amide bonds. The molecular formula is C12H8ClNO4. The lowest BCUT2D eigenvalue weighted by Crippen LogP contribution is -1.94. The number of fused-ring (bicyclic) bond motifs is 1. The van der Waals surface area contributed by atoms with Crippen LogP contribution in [0.1, 0.15) is 16.1 Å². The van der Waals surface area contributed by atoms with Crippen LogP contribution in [0.2, 0.25) is 5.02 Å². The second-order valence-electron chi connectivity index (χ2n) is 3.93. The topological polar surface area (TPSA) is 72.6 Å². The highest BCUT2D eigenvalue weighted by atomic mass is 35.5. The lowest BCUT2D eigenvalue weighted by atomic mass is 10.1. The largest absolute Gasteiger partial charge is 0.491 e. The highest BCUT2D eigenvalue weighted by Gasteiger charge is 2.19. The minimum atomic E-state index is -1.12. The van der Waals surface area contributed by atoms with E-state index < -0.39 is 5.97 Å². The van der Waals surface area contributed by atoms with Gasteiger partial charge in [0.2, 0.25) is 0 Å². The molecule has 0 atom stereocenters. The van der Waals surface area contributed by atoms with Gasteiger partial charge in [0, 0.05) is 18.1 Å². The Morgan fingerprint density at radius 2 is 2.22 bits per heavy atom. The van der Waals surface area contributed by atoms with E-state index in [-0.39, 0.29) is 5.69 Å². The normalized spacial score (nSPS) is 13.2. The molecule has 0 aliphatic carbocycles. The molecule has 92 valence electrons. The van der Waals surface area contributed by atoms with Gasteiger partial charge in [-0.25, -0.2) is 4.79 Å². The maximum absolute atomic E-state index is 10.7. The molecule has 1 aliphatic heterocycles. The van der Waals surface area contributed by atoms with Gasteiger partial charge in [0.15, 0.2) is 11.5 Å². The SMILES string of the molecule is O=C(O)c1cc(-c2cc(Cl)c3c(c2)CCO3)on1. The van der Waals surface area contributed by atoms with Crippen molar-refractivity contribution in [2.24, 2.45) is 0 Å². The molecule has 18 heavy (non-hydrogen) atoms. The number of carboxylic acids is 1. The molecule has 0 unspecified atom stereocenters. The summed E-state index contributed by atoms with van der Waals surface area (Å²) in [5.74, 6) is -0.0528. The van der Waals surface area contributed by atoms with E-state index in [0.29, 0.717) is 28.7 Å². The number of ether oxygens (including phenoxy) is 1. The van der Waals surface area contributed by atoms with Crippen LogP contribution in [0.5, 0.6) is 5.75 Å². The number of hydrogen-bond donors (Lipinski definition) is 1. The van der Waals surface area contributed by atoms with E-state index >= 15 is 0 Å². The van der Waals surface area contributed by atoms with E-state index in [1.807, 2.05) is 6.07 Å². The first kappa shape index (κ1) is 11.1. The van der Waals surface area contributed by atoms with Gasteiger partial charge >= 0.3 is 5.97 Å². The van der Waals surface area contributed by atoms with Gasteiger partial charge < -0.3 is 14.4 Å². The first-order chi connectivity index (χ1) is 8.65. The van der Waals surface area contributed by atoms with Gasteiger partial charge in [0.05, 0.1) is 11.6 Å². The molecule has 1 N–H and O–H groups in total. The van der Waals surface area contributed by atoms with Crippen molar-refractivity contribution in [3.8, 4) is 17.1 Å². The van der Waals surface area contributed by atoms with Crippen LogP contribution >= 0.6 is 11.6 Å². The summed E-state index contributed by atoms with van der Waals surface area (Å²) in [6, 6.07) is 4.93. The van der Waals surface area contributed by atoms with Crippen molar-refractivity contribution in [1.29, 1.82) is 0 Å². The molecule has 0 spiro atoms. The highest BCUT2D eigenvalue weighted by Crippen LogP contribution is 2.37. The zero-order valence-electron chi connectivity index (χ0n) is 9.14. The maximum Gasteiger partial charge on any atom is 0.358 e. The Labute approximate surface area is 107 Å². The van der Waals surface area contributed by atoms with E-state index in [2.05, 4.69) is 5.16 Å². The number of aromatic nitrogens is 1. The van der Waals surface area contributed by atoms with E-state index in [1.165, 1.54) is 6.07 Å². The number of carboxylic acid groups (broad SMARTS) is 1. The zero-order valence-corrected chi connectivity index (χ0v) is 9.90. The second-order valence-corrected chi connectivity index (χ2v) is 4.33. The van der Waals surface area contributed by atoms with Gasteiger partial charge in [-0.15, -0.1) is 0 Å². The van der Waals surface area contributed by atoms with Gasteiger partial charge in [-0.1, -0.05) is 16.8 Å². The molecule has 1 aromatic heterocycles. The van der Waals surface area contributed by atoms with Crippen LogP contribution in [0.15, 0.2) is 22.7 Å². The van der Waals surface area contributed by atoms with E-state index in [9.17, 15) is 4.79 Å². The quantitative estimate of drug-likeness (QED) is 0.904. The molecule has 6 heteroatoms. The minimum Gasteiger partial charge on any atom is -0.491 e. The molecule has 5 nitrogen and oxygen atoms in total. The smallest absolute Gasteiger partial charge is 0.358 e. The molecule has 2 aromatic rings. The molecule has 0 radical (unpaired) electrons. The maximum atomic E-state index is 10.7. The number of nitrogens with zero attached hydrogens (tertiary/aromatic N) is 1. The molecule has 0 fully saturated rings. The number of halogens is 1. The summed E-state index contributed by atoms with van der Waals surface area (Å²) in [5.41, 5.74) is 1.56. The van der Waals surface area contributed by atoms with Crippen molar-refractivity contribution in [2.75, 3.05) is 6.61 Å². The Morgan fingerprint density at radius 3 is 2.94 bits per heavy atom. The first-order valence-corrected chi connectivity index (χ1v) is 5.68. The highest BCUT2D eigenvalue weighted by molar-refractivity contribution is 6.32. The third kappa shape index (κ3) is 1.73. The number of benzene rings is 1. The Bertz CT molecular complexity index is 635. The molecule has 1 aliphatic rings. The van der Waals surface area contributed by atoms with E-state index in [0.717, 1.165) is 12.0 Å². The number of rotatable bonds is 2. The number of hydrogen-bond acceptors (Lipinski definition) is 4. The molecule has 3 rings (SSSR count). The lowest BCUT2D eigenvalue weighted by Gasteiger charge is -2.03. The zero-order chi connectivity index (χ0) is 12.7. The lowest BCUT2D eigenvalue weighted by molar-refractivity contribution is 0.0686. The Kier molecular flexibility index (Phi) is 2.48. The molecular weight excluding hydrogens is 258 g/mol. The Balaban J connectivity index is 2.06. The molecule has 0 saturated carbocycles. The van der Waals surface area contributed by atoms with Crippen LogP contribution in [0, 0.1) is 0 Å². The second kappa shape index (κ2) is 4.03. The van der Waals surface area contributed by atoms with Gasteiger partial charge in [-0.05, 0) is 17.7 Å². The van der Waals surface area contributed by atoms with Crippen LogP contribution in [-0.4, -0.2) is 22.8 Å². The Hall–Kier alpha value is -2.01. The summed E-state index contributed by atoms with van der Waals surface area (Å²) in [4.78, 5) is 10.7. The summed E-state index contributed by atoms with van der Waals surface area (Å²) < 4.78 is 10.4. The number of aromatic carboxylic acids is 1. The van der Waals surface area contributed by atoms with Crippen molar-refractivity contribution in [3.05, 3.63) is 34.5 Å². The number of carbonyl (C=O) groups is 1. The fourth-order valence-corrected chi connectivity index (χ4v) is 2.21. The van der Waals surface area contributed by atoms with Crippen molar-refractivity contribution in [2.45, 2.75) is 6.42 Å². The molecule has 0 bridgehead atoms. The molecule has 2 heterocycles. The summed E-state index contributed by atoms with van der Waals surface area (Å²) in [6.45, 7) is 0.606. The third-order valence-corrected chi connectivity index (χ3v) is 3.03. The summed E-state index contributed by atoms with van der Waals surface area (Å²) >= 11 is 6.09. The Morgan fingerprint density at radius 1 is 1.39 bits per heavy atom. The van der Waals surface area contributed by atoms with Gasteiger partial charge in [0.1, 0.15) is 5.75 Å². The minimum absolute atomic E-state index is 0.127. The van der Waals surface area contributed by atoms with Crippen LogP contribution in [-0.2, 0) is 6.42 Å². The third-order valence-electron chi connectivity index (χ3n) is 2.75. The fraction of sp³-hybridized carbons (Fsp3) is 0.167. The summed E-state index contributed by atoms with van der Waals surface area (Å²) in [6.07, 6.45) is 0.781. The predicted octanol–water partition coefficient (Wildman–Crippen LogP) is 2.63. The van der Waals surface area contributed by atoms with E-state index in [1.54, 1.807) is 6.07 Å². The van der Waals surface area contributed by atoms with Crippen LogP contribution in [0.3, 0.4) is 0 Å². The summed E-state index contributed by atoms with van der Waals surface area (Å²) in [7, 11) is 0. The van der Waals surface area contributed by atoms with Crippen LogP contribution < -0.4 is 4.74 Å². The van der Waals surface area contributed by atoms with Gasteiger partial charge in [-0.3, -0.25) is 0 Å². The van der Waals surface area contributed by atoms with Crippen molar-refractivity contribution in [1.82, 2.24) is 5.16 Å². The van der Waals surface area contributed by atoms with Crippen molar-refractivity contribution >= 4 is 17.6 Å². The van der Waals surface area contributed by atoms with Crippen LogP contribution in [0.25, 0.3) is 11.3 Å². The van der Waals surface area contributed by atoms with Crippen LogP contribution in [0.4, 0.5) is 0 Å². The fourth-order valence-electron chi connectivity index (χ4n) is 1.92. The van der Waals surface area contributed by atoms with E-state index in [4.69, 9.17) is 26.0 Å². The monoisotopic (exact) mass is 265 g/mol. The van der Waals surface area contributed by atoms with Gasteiger partial charge in [0.25, 0.3) is 0 Å². The van der Waals surface area contributed by atoms with Crippen molar-refractivity contribution < 1.29 is 19.2 Å². The standard InChI is InChI=1S/C12H8ClNO4/c13-8-4-7(3-6-1-2-17-11(6)8)10-5-9(12(15)16)14-18-10/h3-5H,1-2H2,(H,15,16). The van der Waals surface area contributed by atoms with Crippen molar-refractivity contribution in [3.63, 3.8) is 0 Å². The van der Waals surface area contributed by atoms with Gasteiger partial charge in [-0.2, -0.15) is 0 Å².